The monoisotopic (exact) mass is 280 g/mol. The molecule has 0 aliphatic carbocycles. The summed E-state index contributed by atoms with van der Waals surface area (Å²) in [6.45, 7) is 0.729. The number of halogens is 1. The number of alkyl halides is 1. The second-order valence-electron chi connectivity index (χ2n) is 4.44. The first kappa shape index (κ1) is 13.8. The van der Waals surface area contributed by atoms with Crippen LogP contribution in [0.25, 0.3) is 5.52 Å². The molecule has 2 heterocycles. The van der Waals surface area contributed by atoms with Crippen LogP contribution in [0.1, 0.15) is 29.6 Å². The number of amides is 1. The van der Waals surface area contributed by atoms with Crippen molar-refractivity contribution in [2.45, 2.75) is 19.3 Å². The number of nitrogens with zero attached hydrogens (tertiary/aromatic N) is 4. The van der Waals surface area contributed by atoms with E-state index >= 15 is 0 Å². The molecule has 0 saturated carbocycles. The van der Waals surface area contributed by atoms with Gasteiger partial charge in [0, 0.05) is 31.9 Å². The molecule has 6 heteroatoms. The van der Waals surface area contributed by atoms with Crippen molar-refractivity contribution >= 4 is 23.0 Å². The molecule has 102 valence electrons. The molecule has 2 aromatic heterocycles. The van der Waals surface area contributed by atoms with E-state index in [0.29, 0.717) is 11.4 Å². The molecule has 0 radical (unpaired) electrons. The standard InChI is InChI=1S/C13H17ClN4O/c1-17(7-4-2-3-5-14)13(19)11-9-16-18-8-6-15-10-12(11)18/h6,8-10H,2-5,7H2,1H3. The maximum Gasteiger partial charge on any atom is 0.257 e. The summed E-state index contributed by atoms with van der Waals surface area (Å²) in [6.07, 6.45) is 9.61. The number of hydrogen-bond donors (Lipinski definition) is 0. The van der Waals surface area contributed by atoms with E-state index in [9.17, 15) is 4.79 Å². The van der Waals surface area contributed by atoms with Crippen LogP contribution < -0.4 is 0 Å². The number of carbonyl (C=O) groups excluding carboxylic acids is 1. The van der Waals surface area contributed by atoms with Crippen molar-refractivity contribution in [2.24, 2.45) is 0 Å². The van der Waals surface area contributed by atoms with Gasteiger partial charge < -0.3 is 4.90 Å². The van der Waals surface area contributed by atoms with Crippen molar-refractivity contribution < 1.29 is 4.79 Å². The summed E-state index contributed by atoms with van der Waals surface area (Å²) >= 11 is 5.63. The van der Waals surface area contributed by atoms with E-state index < -0.39 is 0 Å². The predicted octanol–water partition coefficient (Wildman–Crippen LogP) is 2.21. The summed E-state index contributed by atoms with van der Waals surface area (Å²) in [6, 6.07) is 0. The number of rotatable bonds is 6. The minimum atomic E-state index is -0.0196. The molecule has 5 nitrogen and oxygen atoms in total. The number of carbonyl (C=O) groups is 1. The van der Waals surface area contributed by atoms with Gasteiger partial charge in [-0.2, -0.15) is 5.10 Å². The maximum absolute atomic E-state index is 12.3. The number of unbranched alkanes of at least 4 members (excludes halogenated alkanes) is 2. The van der Waals surface area contributed by atoms with Gasteiger partial charge in [-0.25, -0.2) is 4.52 Å². The van der Waals surface area contributed by atoms with Crippen LogP contribution in [0.2, 0.25) is 0 Å². The largest absolute Gasteiger partial charge is 0.342 e. The highest BCUT2D eigenvalue weighted by Crippen LogP contribution is 2.11. The van der Waals surface area contributed by atoms with E-state index in [1.54, 1.807) is 34.2 Å². The molecular weight excluding hydrogens is 264 g/mol. The van der Waals surface area contributed by atoms with E-state index in [-0.39, 0.29) is 5.91 Å². The Morgan fingerprint density at radius 2 is 2.21 bits per heavy atom. The zero-order chi connectivity index (χ0) is 13.7. The van der Waals surface area contributed by atoms with Gasteiger partial charge in [-0.05, 0) is 12.8 Å². The lowest BCUT2D eigenvalue weighted by atomic mass is 10.2. The van der Waals surface area contributed by atoms with Crippen LogP contribution in [-0.2, 0) is 0 Å². The van der Waals surface area contributed by atoms with Crippen molar-refractivity contribution in [3.05, 3.63) is 30.4 Å². The van der Waals surface area contributed by atoms with Crippen LogP contribution in [0.4, 0.5) is 0 Å². The molecule has 0 spiro atoms. The summed E-state index contributed by atoms with van der Waals surface area (Å²) < 4.78 is 1.65. The lowest BCUT2D eigenvalue weighted by molar-refractivity contribution is 0.0794. The highest BCUT2D eigenvalue weighted by molar-refractivity contribution is 6.17. The molecule has 0 unspecified atom stereocenters. The van der Waals surface area contributed by atoms with Crippen LogP contribution in [0, 0.1) is 0 Å². The second kappa shape index (κ2) is 6.52. The first-order valence-corrected chi connectivity index (χ1v) is 6.86. The molecule has 2 aromatic rings. The van der Waals surface area contributed by atoms with Gasteiger partial charge in [0.2, 0.25) is 0 Å². The van der Waals surface area contributed by atoms with Gasteiger partial charge >= 0.3 is 0 Å². The zero-order valence-corrected chi connectivity index (χ0v) is 11.7. The molecule has 0 bridgehead atoms. The molecule has 1 amide bonds. The van der Waals surface area contributed by atoms with Crippen LogP contribution in [0.3, 0.4) is 0 Å². The lowest BCUT2D eigenvalue weighted by Gasteiger charge is -2.16. The molecular formula is C13H17ClN4O. The summed E-state index contributed by atoms with van der Waals surface area (Å²) in [5.74, 6) is 0.658. The first-order chi connectivity index (χ1) is 9.24. The van der Waals surface area contributed by atoms with E-state index in [0.717, 1.165) is 31.3 Å². The predicted molar refractivity (Wildman–Crippen MR) is 74.5 cm³/mol. The van der Waals surface area contributed by atoms with E-state index in [1.807, 2.05) is 7.05 Å². The molecule has 19 heavy (non-hydrogen) atoms. The lowest BCUT2D eigenvalue weighted by Crippen LogP contribution is -2.27. The number of aromatic nitrogens is 3. The van der Waals surface area contributed by atoms with Crippen LogP contribution in [0.15, 0.2) is 24.8 Å². The average molecular weight is 281 g/mol. The fraction of sp³-hybridized carbons (Fsp3) is 0.462. The number of fused-ring (bicyclic) bond motifs is 1. The zero-order valence-electron chi connectivity index (χ0n) is 10.9. The third kappa shape index (κ3) is 3.23. The molecule has 0 saturated heterocycles. The highest BCUT2D eigenvalue weighted by atomic mass is 35.5. The van der Waals surface area contributed by atoms with Gasteiger partial charge in [0.05, 0.1) is 23.5 Å². The summed E-state index contributed by atoms with van der Waals surface area (Å²) in [5.41, 5.74) is 1.33. The summed E-state index contributed by atoms with van der Waals surface area (Å²) in [7, 11) is 1.81. The molecule has 0 N–H and O–H groups in total. The average Bonchev–Trinajstić information content (AvgIpc) is 2.86. The van der Waals surface area contributed by atoms with Crippen molar-refractivity contribution in [1.82, 2.24) is 19.5 Å². The second-order valence-corrected chi connectivity index (χ2v) is 4.82. The minimum Gasteiger partial charge on any atom is -0.342 e. The number of hydrogen-bond acceptors (Lipinski definition) is 3. The van der Waals surface area contributed by atoms with Gasteiger partial charge in [-0.15, -0.1) is 11.6 Å². The quantitative estimate of drug-likeness (QED) is 0.602. The Morgan fingerprint density at radius 1 is 1.37 bits per heavy atom. The first-order valence-electron chi connectivity index (χ1n) is 6.33. The smallest absolute Gasteiger partial charge is 0.257 e. The van der Waals surface area contributed by atoms with Gasteiger partial charge in [0.15, 0.2) is 0 Å². The van der Waals surface area contributed by atoms with Crippen LogP contribution in [0.5, 0.6) is 0 Å². The third-order valence-electron chi connectivity index (χ3n) is 3.03. The van der Waals surface area contributed by atoms with Crippen LogP contribution in [-0.4, -0.2) is 44.9 Å². The van der Waals surface area contributed by atoms with Gasteiger partial charge in [0.1, 0.15) is 0 Å². The van der Waals surface area contributed by atoms with Crippen molar-refractivity contribution in [3.63, 3.8) is 0 Å². The van der Waals surface area contributed by atoms with E-state index in [2.05, 4.69) is 10.1 Å². The summed E-state index contributed by atoms with van der Waals surface area (Å²) in [4.78, 5) is 18.1. The van der Waals surface area contributed by atoms with Crippen molar-refractivity contribution in [3.8, 4) is 0 Å². The molecule has 0 atom stereocenters. The Labute approximate surface area is 117 Å². The van der Waals surface area contributed by atoms with E-state index in [1.165, 1.54) is 0 Å². The summed E-state index contributed by atoms with van der Waals surface area (Å²) in [5, 5.41) is 4.14. The topological polar surface area (TPSA) is 50.5 Å². The Hall–Kier alpha value is -1.62. The Balaban J connectivity index is 2.02. The van der Waals surface area contributed by atoms with E-state index in [4.69, 9.17) is 11.6 Å². The molecule has 0 fully saturated rings. The third-order valence-corrected chi connectivity index (χ3v) is 3.30. The fourth-order valence-corrected chi connectivity index (χ4v) is 2.12. The molecule has 0 aliphatic heterocycles. The minimum absolute atomic E-state index is 0.0196. The fourth-order valence-electron chi connectivity index (χ4n) is 1.93. The van der Waals surface area contributed by atoms with Gasteiger partial charge in [-0.3, -0.25) is 9.78 Å². The Bertz CT molecular complexity index is 554. The SMILES string of the molecule is CN(CCCCCCl)C(=O)c1cnn2ccncc12. The van der Waals surface area contributed by atoms with Crippen LogP contribution >= 0.6 is 11.6 Å². The Morgan fingerprint density at radius 3 is 3.00 bits per heavy atom. The molecule has 0 aromatic carbocycles. The van der Waals surface area contributed by atoms with Crippen molar-refractivity contribution in [1.29, 1.82) is 0 Å². The Kier molecular flexibility index (Phi) is 4.74. The highest BCUT2D eigenvalue weighted by Gasteiger charge is 2.16. The van der Waals surface area contributed by atoms with Gasteiger partial charge in [-0.1, -0.05) is 6.42 Å². The van der Waals surface area contributed by atoms with Gasteiger partial charge in [0.25, 0.3) is 5.91 Å². The molecule has 0 aliphatic rings. The molecule has 2 rings (SSSR count). The maximum atomic E-state index is 12.3. The normalized spacial score (nSPS) is 10.8. The van der Waals surface area contributed by atoms with Crippen molar-refractivity contribution in [2.75, 3.05) is 19.5 Å².